The number of benzene rings is 1. The van der Waals surface area contributed by atoms with Crippen LogP contribution in [0.25, 0.3) is 11.0 Å². The van der Waals surface area contributed by atoms with Gasteiger partial charge in [0, 0.05) is 17.3 Å². The number of rotatable bonds is 10. The van der Waals surface area contributed by atoms with Gasteiger partial charge in [0.05, 0.1) is 24.6 Å². The smallest absolute Gasteiger partial charge is 0.344 e. The number of carboxylic acid groups (broad SMARTS) is 1. The number of aryl methyl sites for hydroxylation is 1. The summed E-state index contributed by atoms with van der Waals surface area (Å²) >= 11 is 0. The first-order valence-electron chi connectivity index (χ1n) is 10.7. The fourth-order valence-electron chi connectivity index (χ4n) is 3.23. The number of anilines is 2. The lowest BCUT2D eigenvalue weighted by molar-refractivity contribution is -0.145. The van der Waals surface area contributed by atoms with Crippen molar-refractivity contribution in [2.24, 2.45) is 0 Å². The number of hydrogen-bond donors (Lipinski definition) is 2. The first-order valence-corrected chi connectivity index (χ1v) is 10.7. The maximum absolute atomic E-state index is 12.6. The monoisotopic (exact) mass is 453 g/mol. The number of aromatic nitrogens is 2. The summed E-state index contributed by atoms with van der Waals surface area (Å²) in [6.45, 7) is 7.88. The predicted molar refractivity (Wildman–Crippen MR) is 123 cm³/mol. The predicted octanol–water partition coefficient (Wildman–Crippen LogP) is 4.50. The maximum Gasteiger partial charge on any atom is 0.344 e. The van der Waals surface area contributed by atoms with Gasteiger partial charge in [0.15, 0.2) is 11.8 Å². The molecule has 0 saturated heterocycles. The van der Waals surface area contributed by atoms with Crippen molar-refractivity contribution >= 4 is 34.3 Å². The van der Waals surface area contributed by atoms with Crippen molar-refractivity contribution in [2.45, 2.75) is 40.2 Å². The second-order valence-corrected chi connectivity index (χ2v) is 7.15. The van der Waals surface area contributed by atoms with Crippen LogP contribution in [-0.2, 0) is 9.53 Å². The highest BCUT2D eigenvalue weighted by molar-refractivity contribution is 6.05. The molecule has 174 valence electrons. The molecule has 1 unspecified atom stereocenters. The molecule has 1 aromatic carbocycles. The van der Waals surface area contributed by atoms with Crippen molar-refractivity contribution in [1.82, 2.24) is 9.97 Å². The number of fused-ring (bicyclic) bond motifs is 1. The van der Waals surface area contributed by atoms with E-state index in [1.54, 1.807) is 44.2 Å². The molecule has 0 saturated carbocycles. The normalized spacial score (nSPS) is 11.6. The Labute approximate surface area is 191 Å². The van der Waals surface area contributed by atoms with Crippen LogP contribution in [0.3, 0.4) is 0 Å². The summed E-state index contributed by atoms with van der Waals surface area (Å²) in [6.07, 6.45) is 0.858. The topological polar surface area (TPSA) is 120 Å². The summed E-state index contributed by atoms with van der Waals surface area (Å²) in [5, 5.41) is 13.0. The second kappa shape index (κ2) is 10.6. The molecule has 0 radical (unpaired) electrons. The van der Waals surface area contributed by atoms with E-state index in [9.17, 15) is 14.7 Å². The minimum Gasteiger partial charge on any atom is -0.492 e. The van der Waals surface area contributed by atoms with Gasteiger partial charge in [0.25, 0.3) is 0 Å². The van der Waals surface area contributed by atoms with Gasteiger partial charge in [-0.25, -0.2) is 19.6 Å². The van der Waals surface area contributed by atoms with Gasteiger partial charge in [0.1, 0.15) is 17.1 Å². The summed E-state index contributed by atoms with van der Waals surface area (Å²) in [5.74, 6) is -0.509. The van der Waals surface area contributed by atoms with Crippen molar-refractivity contribution in [3.8, 4) is 11.5 Å². The molecule has 0 amide bonds. The van der Waals surface area contributed by atoms with E-state index in [1.807, 2.05) is 13.8 Å². The van der Waals surface area contributed by atoms with Crippen LogP contribution in [0, 0.1) is 6.92 Å². The summed E-state index contributed by atoms with van der Waals surface area (Å²) < 4.78 is 16.4. The molecule has 9 heteroatoms. The van der Waals surface area contributed by atoms with Crippen molar-refractivity contribution in [1.29, 1.82) is 0 Å². The molecular formula is C24H27N3O6. The van der Waals surface area contributed by atoms with Crippen molar-refractivity contribution < 1.29 is 28.9 Å². The van der Waals surface area contributed by atoms with E-state index >= 15 is 0 Å². The molecule has 0 spiro atoms. The van der Waals surface area contributed by atoms with Crippen LogP contribution >= 0.6 is 0 Å². The zero-order chi connectivity index (χ0) is 24.0. The molecule has 1 atom stereocenters. The molecule has 2 N–H and O–H groups in total. The first kappa shape index (κ1) is 23.8. The second-order valence-electron chi connectivity index (χ2n) is 7.15. The van der Waals surface area contributed by atoms with Gasteiger partial charge < -0.3 is 24.6 Å². The first-order chi connectivity index (χ1) is 15.9. The number of ether oxygens (including phenoxy) is 3. The van der Waals surface area contributed by atoms with Gasteiger partial charge in [-0.3, -0.25) is 0 Å². The Morgan fingerprint density at radius 1 is 1.12 bits per heavy atom. The molecule has 2 heterocycles. The minimum absolute atomic E-state index is 0.223. The third kappa shape index (κ3) is 5.49. The highest BCUT2D eigenvalue weighted by Crippen LogP contribution is 2.33. The van der Waals surface area contributed by atoms with Crippen LogP contribution in [-0.4, -0.2) is 46.3 Å². The molecular weight excluding hydrogens is 426 g/mol. The number of nitrogens with zero attached hydrogens (tertiary/aromatic N) is 2. The fourth-order valence-corrected chi connectivity index (χ4v) is 3.23. The summed E-state index contributed by atoms with van der Waals surface area (Å²) in [5.41, 5.74) is 2.55. The zero-order valence-electron chi connectivity index (χ0n) is 19.0. The van der Waals surface area contributed by atoms with Crippen molar-refractivity contribution in [3.05, 3.63) is 47.8 Å². The molecule has 0 bridgehead atoms. The average molecular weight is 453 g/mol. The zero-order valence-corrected chi connectivity index (χ0v) is 19.0. The highest BCUT2D eigenvalue weighted by atomic mass is 16.5. The van der Waals surface area contributed by atoms with E-state index < -0.39 is 18.0 Å². The van der Waals surface area contributed by atoms with Gasteiger partial charge in [-0.1, -0.05) is 6.92 Å². The standard InChI is InChI=1S/C24H27N3O6/c1-5-19(23(28)29)33-16-10-8-15(9-11-16)27-21-17-12-20(31-6-2)14(4)26-22(17)25-13-18(21)24(30)32-7-3/h8-13,19H,5-7H2,1-4H3,(H,28,29)(H,25,26,27). The Morgan fingerprint density at radius 3 is 2.45 bits per heavy atom. The molecule has 9 nitrogen and oxygen atoms in total. The largest absolute Gasteiger partial charge is 0.492 e. The Morgan fingerprint density at radius 2 is 1.85 bits per heavy atom. The lowest BCUT2D eigenvalue weighted by atomic mass is 10.1. The summed E-state index contributed by atoms with van der Waals surface area (Å²) in [7, 11) is 0. The number of hydrogen-bond acceptors (Lipinski definition) is 8. The van der Waals surface area contributed by atoms with E-state index in [0.29, 0.717) is 52.6 Å². The molecule has 33 heavy (non-hydrogen) atoms. The molecule has 2 aromatic heterocycles. The third-order valence-electron chi connectivity index (χ3n) is 4.84. The van der Waals surface area contributed by atoms with Crippen molar-refractivity contribution in [3.63, 3.8) is 0 Å². The SMILES string of the molecule is CCOC(=O)c1cnc2nc(C)c(OCC)cc2c1Nc1ccc(OC(CC)C(=O)O)cc1. The Kier molecular flexibility index (Phi) is 7.66. The van der Waals surface area contributed by atoms with E-state index in [-0.39, 0.29) is 12.2 Å². The Hall–Kier alpha value is -3.88. The molecule has 3 rings (SSSR count). The molecule has 0 aliphatic heterocycles. The quantitative estimate of drug-likeness (QED) is 0.428. The van der Waals surface area contributed by atoms with Crippen LogP contribution in [0.4, 0.5) is 11.4 Å². The fraction of sp³-hybridized carbons (Fsp3) is 0.333. The van der Waals surface area contributed by atoms with Gasteiger partial charge in [-0.15, -0.1) is 0 Å². The van der Waals surface area contributed by atoms with Crippen LogP contribution in [0.5, 0.6) is 11.5 Å². The summed E-state index contributed by atoms with van der Waals surface area (Å²) in [4.78, 5) is 32.7. The van der Waals surface area contributed by atoms with E-state index in [2.05, 4.69) is 15.3 Å². The van der Waals surface area contributed by atoms with Gasteiger partial charge in [0.2, 0.25) is 0 Å². The third-order valence-corrected chi connectivity index (χ3v) is 4.84. The average Bonchev–Trinajstić information content (AvgIpc) is 2.79. The summed E-state index contributed by atoms with van der Waals surface area (Å²) in [6, 6.07) is 8.59. The van der Waals surface area contributed by atoms with Crippen molar-refractivity contribution in [2.75, 3.05) is 18.5 Å². The van der Waals surface area contributed by atoms with E-state index in [4.69, 9.17) is 14.2 Å². The number of aliphatic carboxylic acids is 1. The van der Waals surface area contributed by atoms with Crippen LogP contribution in [0.2, 0.25) is 0 Å². The maximum atomic E-state index is 12.6. The van der Waals surface area contributed by atoms with Crippen LogP contribution < -0.4 is 14.8 Å². The number of carbonyl (C=O) groups excluding carboxylic acids is 1. The number of esters is 1. The van der Waals surface area contributed by atoms with E-state index in [0.717, 1.165) is 0 Å². The molecule has 3 aromatic rings. The lowest BCUT2D eigenvalue weighted by Gasteiger charge is -2.16. The lowest BCUT2D eigenvalue weighted by Crippen LogP contribution is -2.25. The van der Waals surface area contributed by atoms with Gasteiger partial charge in [-0.2, -0.15) is 0 Å². The number of carboxylic acids is 1. The van der Waals surface area contributed by atoms with E-state index in [1.165, 1.54) is 6.20 Å². The number of pyridine rings is 2. The molecule has 0 aliphatic rings. The Balaban J connectivity index is 2.02. The molecule has 0 fully saturated rings. The molecule has 0 aliphatic carbocycles. The Bertz CT molecular complexity index is 1150. The highest BCUT2D eigenvalue weighted by Gasteiger charge is 2.20. The van der Waals surface area contributed by atoms with Crippen LogP contribution in [0.1, 0.15) is 43.2 Å². The number of carbonyl (C=O) groups is 2. The minimum atomic E-state index is -1.02. The van der Waals surface area contributed by atoms with Gasteiger partial charge >= 0.3 is 11.9 Å². The number of nitrogens with one attached hydrogen (secondary N) is 1. The van der Waals surface area contributed by atoms with Crippen LogP contribution in [0.15, 0.2) is 36.5 Å². The van der Waals surface area contributed by atoms with Gasteiger partial charge in [-0.05, 0) is 57.5 Å².